The average Bonchev–Trinajstić information content (AvgIpc) is 2.72. The molecular formula is C19H16O4S2. The van der Waals surface area contributed by atoms with Crippen LogP contribution >= 0.6 is 23.5 Å². The molecule has 0 amide bonds. The van der Waals surface area contributed by atoms with Crippen molar-refractivity contribution < 1.29 is 19.1 Å². The molecule has 0 saturated carbocycles. The first-order chi connectivity index (χ1) is 12.1. The highest BCUT2D eigenvalue weighted by Crippen LogP contribution is 2.43. The molecule has 1 unspecified atom stereocenters. The number of fused-ring (bicyclic) bond motifs is 3. The number of benzene rings is 2. The Morgan fingerprint density at radius 1 is 0.880 bits per heavy atom. The van der Waals surface area contributed by atoms with Crippen molar-refractivity contribution in [3.8, 4) is 11.1 Å². The van der Waals surface area contributed by atoms with E-state index in [0.29, 0.717) is 4.91 Å². The fourth-order valence-electron chi connectivity index (χ4n) is 2.47. The molecule has 128 valence electrons. The van der Waals surface area contributed by atoms with E-state index in [0.717, 1.165) is 20.9 Å². The largest absolute Gasteiger partial charge is 0.468 e. The van der Waals surface area contributed by atoms with Crippen LogP contribution in [-0.2, 0) is 19.1 Å². The number of hydrogen-bond donors (Lipinski definition) is 0. The molecule has 1 aliphatic heterocycles. The van der Waals surface area contributed by atoms with E-state index in [2.05, 4.69) is 0 Å². The molecule has 4 nitrogen and oxygen atoms in total. The normalized spacial score (nSPS) is 18.3. The minimum absolute atomic E-state index is 0.366. The van der Waals surface area contributed by atoms with E-state index >= 15 is 0 Å². The third-order valence-corrected chi connectivity index (χ3v) is 5.95. The third-order valence-electron chi connectivity index (χ3n) is 3.66. The van der Waals surface area contributed by atoms with Crippen LogP contribution in [0.25, 0.3) is 11.1 Å². The summed E-state index contributed by atoms with van der Waals surface area (Å²) in [5, 5.41) is -0.637. The zero-order chi connectivity index (χ0) is 17.8. The Morgan fingerprint density at radius 2 is 1.48 bits per heavy atom. The average molecular weight is 372 g/mol. The van der Waals surface area contributed by atoms with Gasteiger partial charge in [-0.05, 0) is 29.3 Å². The first kappa shape index (κ1) is 17.6. The first-order valence-corrected chi connectivity index (χ1v) is 9.24. The molecule has 1 aliphatic rings. The quantitative estimate of drug-likeness (QED) is 0.738. The van der Waals surface area contributed by atoms with Gasteiger partial charge in [-0.3, -0.25) is 4.79 Å². The molecule has 0 aliphatic carbocycles. The summed E-state index contributed by atoms with van der Waals surface area (Å²) >= 11 is 2.66. The highest BCUT2D eigenvalue weighted by molar-refractivity contribution is 8.04. The SMILES string of the molecule is COC(=O)/C1=C/C(C(=O)OC)Sc2ccccc2-c2ccccc2S1. The van der Waals surface area contributed by atoms with Gasteiger partial charge in [0.1, 0.15) is 5.25 Å². The fourth-order valence-corrected chi connectivity index (χ4v) is 4.73. The molecule has 1 heterocycles. The van der Waals surface area contributed by atoms with Gasteiger partial charge >= 0.3 is 11.9 Å². The van der Waals surface area contributed by atoms with E-state index in [-0.39, 0.29) is 0 Å². The summed E-state index contributed by atoms with van der Waals surface area (Å²) in [7, 11) is 2.67. The molecule has 0 saturated heterocycles. The Bertz CT molecular complexity index is 845. The second kappa shape index (κ2) is 7.80. The highest BCUT2D eigenvalue weighted by atomic mass is 32.2. The van der Waals surface area contributed by atoms with Gasteiger partial charge in [-0.15, -0.1) is 11.8 Å². The number of esters is 2. The molecule has 1 atom stereocenters. The number of hydrogen-bond acceptors (Lipinski definition) is 6. The van der Waals surface area contributed by atoms with E-state index < -0.39 is 17.2 Å². The molecule has 0 N–H and O–H groups in total. The summed E-state index contributed by atoms with van der Waals surface area (Å²) in [4.78, 5) is 26.7. The van der Waals surface area contributed by atoms with Crippen LogP contribution in [0.15, 0.2) is 69.3 Å². The van der Waals surface area contributed by atoms with Gasteiger partial charge in [0.15, 0.2) is 0 Å². The van der Waals surface area contributed by atoms with Crippen LogP contribution < -0.4 is 0 Å². The predicted molar refractivity (Wildman–Crippen MR) is 99.5 cm³/mol. The molecule has 0 fully saturated rings. The van der Waals surface area contributed by atoms with Crippen molar-refractivity contribution in [3.05, 3.63) is 59.5 Å². The van der Waals surface area contributed by atoms with Crippen LogP contribution in [0.3, 0.4) is 0 Å². The summed E-state index contributed by atoms with van der Waals surface area (Å²) in [6, 6.07) is 15.7. The van der Waals surface area contributed by atoms with Gasteiger partial charge in [0, 0.05) is 9.79 Å². The molecule has 6 heteroatoms. The second-order valence-corrected chi connectivity index (χ2v) is 7.45. The molecule has 2 aromatic rings. The lowest BCUT2D eigenvalue weighted by Gasteiger charge is -2.13. The summed E-state index contributed by atoms with van der Waals surface area (Å²) in [5.74, 6) is -0.881. The monoisotopic (exact) mass is 372 g/mol. The van der Waals surface area contributed by atoms with E-state index in [9.17, 15) is 9.59 Å². The van der Waals surface area contributed by atoms with Crippen LogP contribution in [0, 0.1) is 0 Å². The van der Waals surface area contributed by atoms with E-state index in [4.69, 9.17) is 9.47 Å². The van der Waals surface area contributed by atoms with Crippen molar-refractivity contribution in [2.45, 2.75) is 15.0 Å². The highest BCUT2D eigenvalue weighted by Gasteiger charge is 2.26. The molecule has 0 bridgehead atoms. The zero-order valence-corrected chi connectivity index (χ0v) is 15.4. The summed E-state index contributed by atoms with van der Waals surface area (Å²) in [6.07, 6.45) is 1.62. The van der Waals surface area contributed by atoms with Crippen molar-refractivity contribution >= 4 is 35.5 Å². The fraction of sp³-hybridized carbons (Fsp3) is 0.158. The maximum Gasteiger partial charge on any atom is 0.344 e. The van der Waals surface area contributed by atoms with E-state index in [1.807, 2.05) is 48.5 Å². The lowest BCUT2D eigenvalue weighted by molar-refractivity contribution is -0.139. The Hall–Kier alpha value is -2.18. The summed E-state index contributed by atoms with van der Waals surface area (Å²) in [6.45, 7) is 0. The maximum atomic E-state index is 12.2. The lowest BCUT2D eigenvalue weighted by Crippen LogP contribution is -2.18. The van der Waals surface area contributed by atoms with Crippen LogP contribution in [0.4, 0.5) is 0 Å². The third kappa shape index (κ3) is 3.75. The van der Waals surface area contributed by atoms with Crippen molar-refractivity contribution in [1.29, 1.82) is 0 Å². The molecule has 0 radical (unpaired) electrons. The van der Waals surface area contributed by atoms with Crippen molar-refractivity contribution in [2.75, 3.05) is 14.2 Å². The minimum atomic E-state index is -0.637. The second-order valence-electron chi connectivity index (χ2n) is 5.18. The van der Waals surface area contributed by atoms with Gasteiger partial charge in [-0.25, -0.2) is 4.79 Å². The standard InChI is InChI=1S/C19H16O4S2/c1-22-18(20)16-11-17(19(21)23-2)25-15-10-6-4-8-13(15)12-7-3-5-9-14(12)24-16/h3-11,16H,1-2H3/b17-11-. The number of methoxy groups -OCH3 is 2. The molecule has 0 spiro atoms. The van der Waals surface area contributed by atoms with Gasteiger partial charge in [0.2, 0.25) is 0 Å². The van der Waals surface area contributed by atoms with Crippen LogP contribution in [0.2, 0.25) is 0 Å². The Kier molecular flexibility index (Phi) is 5.50. The Balaban J connectivity index is 2.20. The first-order valence-electron chi connectivity index (χ1n) is 7.55. The predicted octanol–water partition coefficient (Wildman–Crippen LogP) is 4.15. The van der Waals surface area contributed by atoms with Gasteiger partial charge in [0.25, 0.3) is 0 Å². The summed E-state index contributed by atoms with van der Waals surface area (Å²) in [5.41, 5.74) is 2.03. The number of thioether (sulfide) groups is 2. The molecule has 3 rings (SSSR count). The summed E-state index contributed by atoms with van der Waals surface area (Å²) < 4.78 is 9.81. The Morgan fingerprint density at radius 3 is 2.12 bits per heavy atom. The van der Waals surface area contributed by atoms with Crippen LogP contribution in [-0.4, -0.2) is 31.4 Å². The molecule has 0 aromatic heterocycles. The minimum Gasteiger partial charge on any atom is -0.468 e. The lowest BCUT2D eigenvalue weighted by atomic mass is 10.1. The van der Waals surface area contributed by atoms with Crippen molar-refractivity contribution in [2.24, 2.45) is 0 Å². The topological polar surface area (TPSA) is 52.6 Å². The maximum absolute atomic E-state index is 12.2. The van der Waals surface area contributed by atoms with Gasteiger partial charge in [0.05, 0.1) is 19.1 Å². The van der Waals surface area contributed by atoms with E-state index in [1.165, 1.54) is 37.7 Å². The molecule has 2 aromatic carbocycles. The van der Waals surface area contributed by atoms with Gasteiger partial charge < -0.3 is 9.47 Å². The van der Waals surface area contributed by atoms with Crippen LogP contribution in [0.1, 0.15) is 0 Å². The van der Waals surface area contributed by atoms with E-state index in [1.54, 1.807) is 6.08 Å². The molecule has 25 heavy (non-hydrogen) atoms. The number of ether oxygens (including phenoxy) is 2. The molecular weight excluding hydrogens is 356 g/mol. The van der Waals surface area contributed by atoms with Gasteiger partial charge in [-0.1, -0.05) is 48.2 Å². The van der Waals surface area contributed by atoms with Crippen molar-refractivity contribution in [3.63, 3.8) is 0 Å². The number of carbonyl (C=O) groups is 2. The number of carbonyl (C=O) groups excluding carboxylic acids is 2. The van der Waals surface area contributed by atoms with Crippen LogP contribution in [0.5, 0.6) is 0 Å². The smallest absolute Gasteiger partial charge is 0.344 e. The Labute approximate surface area is 154 Å². The van der Waals surface area contributed by atoms with Crippen molar-refractivity contribution in [1.82, 2.24) is 0 Å². The zero-order valence-electron chi connectivity index (χ0n) is 13.7. The van der Waals surface area contributed by atoms with Gasteiger partial charge in [-0.2, -0.15) is 0 Å². The number of rotatable bonds is 2.